The molecule has 6 rings (SSSR count). The summed E-state index contributed by atoms with van der Waals surface area (Å²) in [6.07, 6.45) is 7.10. The molecule has 0 radical (unpaired) electrons. The fourth-order valence-corrected chi connectivity index (χ4v) is 8.52. The van der Waals surface area contributed by atoms with Crippen LogP contribution in [0.2, 0.25) is 0 Å². The van der Waals surface area contributed by atoms with Crippen LogP contribution in [0.5, 0.6) is 0 Å². The molecule has 2 heterocycles. The summed E-state index contributed by atoms with van der Waals surface area (Å²) in [4.78, 5) is 15.6. The first kappa shape index (κ1) is 18.6. The number of aryl methyl sites for hydroxylation is 2. The molecule has 4 aliphatic carbocycles. The van der Waals surface area contributed by atoms with E-state index in [1.165, 1.54) is 23.6 Å². The molecule has 0 unspecified atom stereocenters. The number of nitrogens with zero attached hydrogens (tertiary/aromatic N) is 3. The molecule has 4 bridgehead atoms. The van der Waals surface area contributed by atoms with Crippen LogP contribution in [-0.2, 0) is 14.8 Å². The van der Waals surface area contributed by atoms with Gasteiger partial charge in [0.2, 0.25) is 15.9 Å². The Labute approximate surface area is 166 Å². The largest absolute Gasteiger partial charge is 0.360 e. The molecule has 28 heavy (non-hydrogen) atoms. The molecular formula is C20H29N3O4S. The van der Waals surface area contributed by atoms with Gasteiger partial charge in [-0.3, -0.25) is 4.79 Å². The van der Waals surface area contributed by atoms with Gasteiger partial charge in [0.05, 0.1) is 5.41 Å². The molecule has 154 valence electrons. The highest BCUT2D eigenvalue weighted by molar-refractivity contribution is 7.89. The van der Waals surface area contributed by atoms with Crippen LogP contribution in [0.3, 0.4) is 0 Å². The lowest BCUT2D eigenvalue weighted by Crippen LogP contribution is -2.58. The van der Waals surface area contributed by atoms with E-state index >= 15 is 0 Å². The number of hydrogen-bond acceptors (Lipinski definition) is 5. The van der Waals surface area contributed by atoms with Crippen molar-refractivity contribution in [3.63, 3.8) is 0 Å². The smallest absolute Gasteiger partial charge is 0.248 e. The number of rotatable bonds is 3. The van der Waals surface area contributed by atoms with Gasteiger partial charge in [-0.2, -0.15) is 4.31 Å². The van der Waals surface area contributed by atoms with E-state index in [0.29, 0.717) is 43.5 Å². The van der Waals surface area contributed by atoms with Gasteiger partial charge in [-0.15, -0.1) is 0 Å². The number of piperazine rings is 1. The Kier molecular flexibility index (Phi) is 4.18. The summed E-state index contributed by atoms with van der Waals surface area (Å²) in [6, 6.07) is 0. The molecule has 0 aromatic carbocycles. The summed E-state index contributed by atoms with van der Waals surface area (Å²) >= 11 is 0. The highest BCUT2D eigenvalue weighted by Gasteiger charge is 2.55. The number of sulfonamides is 1. The molecule has 5 aliphatic rings. The van der Waals surface area contributed by atoms with Crippen molar-refractivity contribution in [1.29, 1.82) is 0 Å². The molecular weight excluding hydrogens is 378 g/mol. The first-order valence-corrected chi connectivity index (χ1v) is 11.9. The van der Waals surface area contributed by atoms with Crippen molar-refractivity contribution in [1.82, 2.24) is 14.4 Å². The summed E-state index contributed by atoms with van der Waals surface area (Å²) in [7, 11) is -3.64. The van der Waals surface area contributed by atoms with Gasteiger partial charge in [0, 0.05) is 26.2 Å². The van der Waals surface area contributed by atoms with Gasteiger partial charge in [0.25, 0.3) is 0 Å². The molecule has 1 saturated heterocycles. The normalized spacial score (nSPS) is 35.5. The summed E-state index contributed by atoms with van der Waals surface area (Å²) in [5.41, 5.74) is 0.238. The summed E-state index contributed by atoms with van der Waals surface area (Å²) < 4.78 is 32.5. The van der Waals surface area contributed by atoms with E-state index in [0.717, 1.165) is 37.0 Å². The SMILES string of the molecule is Cc1noc(C)c1S(=O)(=O)N1CCN(C(=O)C23CC4CC(CC(C4)C2)C3)CC1. The summed E-state index contributed by atoms with van der Waals surface area (Å²) in [5.74, 6) is 2.81. The molecule has 7 nitrogen and oxygen atoms in total. The van der Waals surface area contributed by atoms with Crippen molar-refractivity contribution in [3.8, 4) is 0 Å². The van der Waals surface area contributed by atoms with Gasteiger partial charge in [-0.1, -0.05) is 5.16 Å². The average molecular weight is 408 g/mol. The molecule has 0 spiro atoms. The molecule has 1 amide bonds. The van der Waals surface area contributed by atoms with E-state index in [1.807, 2.05) is 4.90 Å². The maximum Gasteiger partial charge on any atom is 0.248 e. The minimum atomic E-state index is -3.64. The zero-order valence-electron chi connectivity index (χ0n) is 16.7. The lowest BCUT2D eigenvalue weighted by atomic mass is 9.49. The Morgan fingerprint density at radius 2 is 1.54 bits per heavy atom. The number of carbonyl (C=O) groups excluding carboxylic acids is 1. The minimum Gasteiger partial charge on any atom is -0.360 e. The van der Waals surface area contributed by atoms with Crippen molar-refractivity contribution in [3.05, 3.63) is 11.5 Å². The van der Waals surface area contributed by atoms with Crippen LogP contribution in [0.25, 0.3) is 0 Å². The molecule has 1 aromatic rings. The lowest BCUT2D eigenvalue weighted by Gasteiger charge is -2.57. The Morgan fingerprint density at radius 3 is 2.00 bits per heavy atom. The Hall–Kier alpha value is -1.41. The fraction of sp³-hybridized carbons (Fsp3) is 0.800. The van der Waals surface area contributed by atoms with Gasteiger partial charge in [-0.05, 0) is 70.1 Å². The van der Waals surface area contributed by atoms with Crippen molar-refractivity contribution in [2.45, 2.75) is 57.3 Å². The zero-order valence-corrected chi connectivity index (χ0v) is 17.5. The second-order valence-electron chi connectivity index (χ2n) is 9.55. The highest BCUT2D eigenvalue weighted by atomic mass is 32.2. The van der Waals surface area contributed by atoms with Crippen molar-refractivity contribution in [2.75, 3.05) is 26.2 Å². The fourth-order valence-electron chi connectivity index (χ4n) is 6.81. The van der Waals surface area contributed by atoms with Crippen LogP contribution in [-0.4, -0.2) is 54.9 Å². The molecule has 1 aromatic heterocycles. The predicted octanol–water partition coefficient (Wildman–Crippen LogP) is 2.34. The van der Waals surface area contributed by atoms with Gasteiger partial charge < -0.3 is 9.42 Å². The molecule has 0 atom stereocenters. The molecule has 0 N–H and O–H groups in total. The van der Waals surface area contributed by atoms with E-state index in [-0.39, 0.29) is 10.3 Å². The number of amides is 1. The van der Waals surface area contributed by atoms with E-state index in [9.17, 15) is 13.2 Å². The maximum absolute atomic E-state index is 13.5. The van der Waals surface area contributed by atoms with Crippen molar-refractivity contribution >= 4 is 15.9 Å². The number of carbonyl (C=O) groups is 1. The van der Waals surface area contributed by atoms with E-state index in [1.54, 1.807) is 13.8 Å². The van der Waals surface area contributed by atoms with Crippen LogP contribution in [0.15, 0.2) is 9.42 Å². The zero-order chi connectivity index (χ0) is 19.7. The quantitative estimate of drug-likeness (QED) is 0.768. The number of aromatic nitrogens is 1. The summed E-state index contributed by atoms with van der Waals surface area (Å²) in [5, 5.41) is 3.78. The number of hydrogen-bond donors (Lipinski definition) is 0. The van der Waals surface area contributed by atoms with E-state index in [4.69, 9.17) is 4.52 Å². The lowest BCUT2D eigenvalue weighted by molar-refractivity contribution is -0.158. The van der Waals surface area contributed by atoms with Crippen LogP contribution in [0.1, 0.15) is 50.0 Å². The standard InChI is InChI=1S/C20H29N3O4S/c1-13-18(14(2)27-21-13)28(25,26)23-5-3-22(4-6-23)19(24)20-10-15-7-16(11-20)9-17(8-15)12-20/h15-17H,3-12H2,1-2H3. The highest BCUT2D eigenvalue weighted by Crippen LogP contribution is 2.60. The minimum absolute atomic E-state index is 0.155. The van der Waals surface area contributed by atoms with E-state index < -0.39 is 10.0 Å². The molecule has 5 fully saturated rings. The first-order valence-electron chi connectivity index (χ1n) is 10.5. The van der Waals surface area contributed by atoms with Gasteiger partial charge in [0.15, 0.2) is 5.76 Å². The van der Waals surface area contributed by atoms with Crippen LogP contribution in [0, 0.1) is 37.0 Å². The third-order valence-electron chi connectivity index (χ3n) is 7.58. The maximum atomic E-state index is 13.5. The third kappa shape index (κ3) is 2.75. The monoisotopic (exact) mass is 407 g/mol. The topological polar surface area (TPSA) is 83.7 Å². The van der Waals surface area contributed by atoms with Crippen molar-refractivity contribution < 1.29 is 17.7 Å². The second-order valence-corrected chi connectivity index (χ2v) is 11.4. The Morgan fingerprint density at radius 1 is 1.00 bits per heavy atom. The molecule has 4 saturated carbocycles. The average Bonchev–Trinajstić information content (AvgIpc) is 2.99. The summed E-state index contributed by atoms with van der Waals surface area (Å²) in [6.45, 7) is 4.90. The van der Waals surface area contributed by atoms with Crippen LogP contribution < -0.4 is 0 Å². The second kappa shape index (κ2) is 6.29. The molecule has 8 heteroatoms. The first-order chi connectivity index (χ1) is 13.3. The van der Waals surface area contributed by atoms with Gasteiger partial charge in [-0.25, -0.2) is 8.42 Å². The molecule has 1 aliphatic heterocycles. The van der Waals surface area contributed by atoms with Gasteiger partial charge in [0.1, 0.15) is 10.6 Å². The Bertz CT molecular complexity index is 844. The predicted molar refractivity (Wildman–Crippen MR) is 102 cm³/mol. The Balaban J connectivity index is 1.29. The van der Waals surface area contributed by atoms with Crippen LogP contribution in [0.4, 0.5) is 0 Å². The van der Waals surface area contributed by atoms with Crippen molar-refractivity contribution in [2.24, 2.45) is 23.2 Å². The van der Waals surface area contributed by atoms with E-state index in [2.05, 4.69) is 5.16 Å². The third-order valence-corrected chi connectivity index (χ3v) is 9.73. The van der Waals surface area contributed by atoms with Crippen LogP contribution >= 0.6 is 0 Å². The van der Waals surface area contributed by atoms with Gasteiger partial charge >= 0.3 is 0 Å².